The second-order valence-corrected chi connectivity index (χ2v) is 37.3. The van der Waals surface area contributed by atoms with Crippen molar-refractivity contribution in [3.8, 4) is 11.4 Å². The van der Waals surface area contributed by atoms with Crippen LogP contribution in [0.5, 0.6) is 0 Å². The highest BCUT2D eigenvalue weighted by Gasteiger charge is 2.61. The van der Waals surface area contributed by atoms with Gasteiger partial charge in [-0.2, -0.15) is 0 Å². The number of nitrogens with zero attached hydrogens (tertiary/aromatic N) is 9. The summed E-state index contributed by atoms with van der Waals surface area (Å²) in [7, 11) is 0. The van der Waals surface area contributed by atoms with E-state index in [-0.39, 0.29) is 0 Å². The minimum atomic E-state index is -0.680. The Kier molecular flexibility index (Phi) is 18.1. The minimum absolute atomic E-state index is 0.521. The van der Waals surface area contributed by atoms with Gasteiger partial charge in [0.05, 0.1) is 113 Å². The number of anilines is 11. The van der Waals surface area contributed by atoms with Crippen LogP contribution < -0.4 is 20.0 Å². The fourth-order valence-corrected chi connectivity index (χ4v) is 24.6. The SMILES string of the molecule is Brc1ccc2c(c1)c1ncccc1n2-c1cccnc1.Cc1ccc2c(c1)C1(c3cc(C)ccc3N2)c2ccccc2C2(c3ccccc3N(c3ccccc3)c3ccccc32)c2ccccc21.Cc1ccc2c(c1)C1(c3cc(C)ccc3N2c2ccc3c(c2)c2ncccc2n3-c2cccnc2)c2ccccc2C2(c3ccccc3N(c3ccccc3)c3ccccc32)c2ccccc21. The van der Waals surface area contributed by atoms with Crippen LogP contribution in [0.2, 0.25) is 0 Å². The molecule has 6 aliphatic rings. The summed E-state index contributed by atoms with van der Waals surface area (Å²) in [6.07, 6.45) is 11.1. The molecular weight excluding hydrogens is 1710 g/mol. The number of para-hydroxylation sites is 6. The van der Waals surface area contributed by atoms with E-state index >= 15 is 0 Å². The van der Waals surface area contributed by atoms with Crippen molar-refractivity contribution in [3.05, 3.63) is 565 Å². The summed E-state index contributed by atoms with van der Waals surface area (Å²) in [6, 6.07) is 153. The topological polar surface area (TPSA) is 83.2 Å². The van der Waals surface area contributed by atoms with Gasteiger partial charge in [-0.05, 0) is 274 Å². The summed E-state index contributed by atoms with van der Waals surface area (Å²) in [6.45, 7) is 8.91. The number of pyridine rings is 4. The van der Waals surface area contributed by atoms with Crippen LogP contribution in [0.15, 0.2) is 454 Å². The van der Waals surface area contributed by atoms with Gasteiger partial charge >= 0.3 is 0 Å². The Morgan fingerprint density at radius 3 is 0.896 bits per heavy atom. The van der Waals surface area contributed by atoms with Gasteiger partial charge in [-0.1, -0.05) is 293 Å². The summed E-state index contributed by atoms with van der Waals surface area (Å²) in [5, 5.41) is 6.08. The van der Waals surface area contributed by atoms with E-state index in [1.807, 2.05) is 61.3 Å². The Balaban J connectivity index is 0.000000120. The second kappa shape index (κ2) is 30.8. The van der Waals surface area contributed by atoms with E-state index < -0.39 is 21.7 Å². The van der Waals surface area contributed by atoms with Gasteiger partial charge in [0.2, 0.25) is 0 Å². The third-order valence-corrected chi connectivity index (χ3v) is 29.7. The summed E-state index contributed by atoms with van der Waals surface area (Å²) < 4.78 is 5.53. The summed E-state index contributed by atoms with van der Waals surface area (Å²) in [5.74, 6) is 0. The lowest BCUT2D eigenvalue weighted by atomic mass is 9.49. The molecule has 6 aromatic heterocycles. The fourth-order valence-electron chi connectivity index (χ4n) is 24.2. The van der Waals surface area contributed by atoms with Gasteiger partial charge in [0.1, 0.15) is 0 Å². The Bertz CT molecular complexity index is 8290. The normalized spacial score (nSPS) is 14.4. The molecule has 0 amide bonds. The zero-order valence-corrected chi connectivity index (χ0v) is 76.2. The molecule has 4 aliphatic heterocycles. The molecule has 4 spiro atoms. The maximum absolute atomic E-state index is 5.00. The lowest BCUT2D eigenvalue weighted by Gasteiger charge is -2.56. The van der Waals surface area contributed by atoms with Gasteiger partial charge in [0.15, 0.2) is 0 Å². The molecule has 0 bridgehead atoms. The van der Waals surface area contributed by atoms with Gasteiger partial charge in [-0.3, -0.25) is 19.9 Å². The molecule has 1 N–H and O–H groups in total. The van der Waals surface area contributed by atoms with Crippen molar-refractivity contribution in [3.63, 3.8) is 0 Å². The first-order valence-electron chi connectivity index (χ1n) is 46.3. The first-order chi connectivity index (χ1) is 66.6. The number of rotatable bonds is 5. The molecule has 28 rings (SSSR count). The Hall–Kier alpha value is -16.6. The maximum atomic E-state index is 5.00. The predicted octanol–water partition coefficient (Wildman–Crippen LogP) is 30.4. The molecule has 11 heteroatoms. The first-order valence-corrected chi connectivity index (χ1v) is 47.1. The second-order valence-electron chi connectivity index (χ2n) is 36.4. The van der Waals surface area contributed by atoms with Crippen molar-refractivity contribution in [1.82, 2.24) is 29.1 Å². The summed E-state index contributed by atoms with van der Waals surface area (Å²) in [4.78, 5) is 25.7. The molecule has 0 radical (unpaired) electrons. The van der Waals surface area contributed by atoms with Crippen molar-refractivity contribution in [2.24, 2.45) is 0 Å². The Morgan fingerprint density at radius 1 is 0.222 bits per heavy atom. The van der Waals surface area contributed by atoms with E-state index in [1.165, 1.54) is 134 Å². The molecule has 640 valence electrons. The largest absolute Gasteiger partial charge is 0.355 e. The number of aromatic nitrogens is 6. The number of benzene rings is 16. The quantitative estimate of drug-likeness (QED) is 0.183. The molecule has 135 heavy (non-hydrogen) atoms. The summed E-state index contributed by atoms with van der Waals surface area (Å²) in [5.41, 5.74) is 44.6. The molecule has 0 saturated carbocycles. The zero-order valence-electron chi connectivity index (χ0n) is 74.6. The third-order valence-electron chi connectivity index (χ3n) is 29.2. The molecular formula is C124H87BrN10. The van der Waals surface area contributed by atoms with Crippen molar-refractivity contribution in [2.45, 2.75) is 49.4 Å². The Morgan fingerprint density at radius 2 is 0.519 bits per heavy atom. The molecule has 16 aromatic carbocycles. The van der Waals surface area contributed by atoms with E-state index in [0.29, 0.717) is 0 Å². The van der Waals surface area contributed by atoms with Crippen molar-refractivity contribution in [2.75, 3.05) is 20.0 Å². The van der Waals surface area contributed by atoms with Crippen molar-refractivity contribution in [1.29, 1.82) is 0 Å². The first kappa shape index (κ1) is 79.4. The van der Waals surface area contributed by atoms with Crippen LogP contribution in [0, 0.1) is 27.7 Å². The van der Waals surface area contributed by atoms with E-state index in [9.17, 15) is 0 Å². The molecule has 2 aliphatic carbocycles. The van der Waals surface area contributed by atoms with E-state index in [1.54, 1.807) is 6.20 Å². The molecule has 0 atom stereocenters. The number of hydrogen-bond acceptors (Lipinski definition) is 8. The average molecular weight is 1800 g/mol. The minimum Gasteiger partial charge on any atom is -0.355 e. The summed E-state index contributed by atoms with van der Waals surface area (Å²) >= 11 is 3.53. The van der Waals surface area contributed by atoms with Crippen LogP contribution in [0.1, 0.15) is 111 Å². The smallest absolute Gasteiger partial charge is 0.0964 e. The van der Waals surface area contributed by atoms with E-state index in [4.69, 9.17) is 4.98 Å². The zero-order chi connectivity index (χ0) is 90.0. The Labute approximate surface area is 791 Å². The lowest BCUT2D eigenvalue weighted by Crippen LogP contribution is -2.49. The number of hydrogen-bond donors (Lipinski definition) is 1. The van der Waals surface area contributed by atoms with Gasteiger partial charge in [-0.25, -0.2) is 0 Å². The van der Waals surface area contributed by atoms with Crippen LogP contribution in [-0.2, 0) is 21.7 Å². The molecule has 22 aromatic rings. The number of nitrogens with one attached hydrogen (secondary N) is 1. The monoisotopic (exact) mass is 1790 g/mol. The highest BCUT2D eigenvalue weighted by molar-refractivity contribution is 9.10. The number of fused-ring (bicyclic) bond motifs is 34. The molecule has 0 saturated heterocycles. The van der Waals surface area contributed by atoms with Gasteiger partial charge < -0.3 is 29.2 Å². The molecule has 0 fully saturated rings. The third kappa shape index (κ3) is 11.3. The highest BCUT2D eigenvalue weighted by Crippen LogP contribution is 2.71. The van der Waals surface area contributed by atoms with Crippen LogP contribution >= 0.6 is 15.9 Å². The van der Waals surface area contributed by atoms with Crippen molar-refractivity contribution < 1.29 is 0 Å². The fraction of sp³-hybridized carbons (Fsp3) is 0.0645. The highest BCUT2D eigenvalue weighted by atomic mass is 79.9. The molecule has 0 unspecified atom stereocenters. The van der Waals surface area contributed by atoms with Gasteiger partial charge in [-0.15, -0.1) is 0 Å². The molecule has 10 nitrogen and oxygen atoms in total. The maximum Gasteiger partial charge on any atom is 0.0964 e. The van der Waals surface area contributed by atoms with E-state index in [0.717, 1.165) is 99.5 Å². The number of aryl methyl sites for hydroxylation is 4. The van der Waals surface area contributed by atoms with Gasteiger partial charge in [0, 0.05) is 68.5 Å². The van der Waals surface area contributed by atoms with E-state index in [2.05, 4.69) is 470 Å². The van der Waals surface area contributed by atoms with Crippen LogP contribution in [0.4, 0.5) is 62.6 Å². The average Bonchev–Trinajstić information content (AvgIpc) is 1.13. The lowest BCUT2D eigenvalue weighted by molar-refractivity contribution is 0.607. The van der Waals surface area contributed by atoms with Crippen LogP contribution in [0.3, 0.4) is 0 Å². The van der Waals surface area contributed by atoms with Gasteiger partial charge in [0.25, 0.3) is 0 Å². The molecule has 10 heterocycles. The van der Waals surface area contributed by atoms with Crippen LogP contribution in [-0.4, -0.2) is 29.1 Å². The number of halogens is 1. The predicted molar refractivity (Wildman–Crippen MR) is 554 cm³/mol. The van der Waals surface area contributed by atoms with Crippen LogP contribution in [0.25, 0.3) is 55.2 Å². The van der Waals surface area contributed by atoms with Crippen molar-refractivity contribution >= 4 is 122 Å². The standard InChI is InChI=1S/C62H43N5.C46H34N2.C16H10BrN3/c1-40-28-31-57-52(36-40)62(53-37-41(2)29-32-58(53)66(57)43-30-33-54-45(38-43)60-59(27-15-35-64-60)67(54)44-18-14-34-63-39-44)48-21-8-6-19-46(48)61(47-20-7-9-22-49(47)62)50-23-10-12-25-55(50)65(42-16-4-3-5-17-42)56-26-13-11-24-51(56)61;1-30-24-26-41-39(28-30)46(40-29-31(2)25-27-42(40)47-41)35-18-8-6-16-33(35)45(34-17-7-9-19-36(34)46)37-20-10-12-22-43(37)48(32-14-4-3-5-15-32)44-23-13-11-21-38(44)45;17-11-5-6-14-13(9-11)16-15(4-2-8-19-16)20(14)12-3-1-7-18-10-12/h3-39H,1-2H3;3-29,47H,1-2H3;1-10H.